The van der Waals surface area contributed by atoms with Crippen molar-refractivity contribution in [3.8, 4) is 11.1 Å². The first-order valence-electron chi connectivity index (χ1n) is 5.35. The Morgan fingerprint density at radius 2 is 1.78 bits per heavy atom. The van der Waals surface area contributed by atoms with Gasteiger partial charge in [-0.2, -0.15) is 8.42 Å². The maximum Gasteiger partial charge on any atom is 0.296 e. The number of hydrogen-bond acceptors (Lipinski definition) is 2. The highest BCUT2D eigenvalue weighted by atomic mass is 35.5. The summed E-state index contributed by atoms with van der Waals surface area (Å²) < 4.78 is 31.5. The summed E-state index contributed by atoms with van der Waals surface area (Å²) in [7, 11) is -4.27. The van der Waals surface area contributed by atoms with E-state index in [1.807, 2.05) is 24.3 Å². The molecule has 0 aliphatic heterocycles. The van der Waals surface area contributed by atoms with E-state index in [-0.39, 0.29) is 9.92 Å². The molecule has 0 aromatic heterocycles. The average Bonchev–Trinajstić information content (AvgIpc) is 2.68. The number of halogens is 1. The molecule has 0 heterocycles. The molecule has 0 saturated carbocycles. The van der Waals surface area contributed by atoms with E-state index in [0.29, 0.717) is 6.42 Å². The molecule has 1 aliphatic carbocycles. The van der Waals surface area contributed by atoms with Gasteiger partial charge in [0.1, 0.15) is 4.90 Å². The molecular weight excluding hydrogens is 272 g/mol. The molecule has 0 amide bonds. The van der Waals surface area contributed by atoms with Crippen LogP contribution in [0.1, 0.15) is 11.1 Å². The summed E-state index contributed by atoms with van der Waals surface area (Å²) in [6, 6.07) is 10.9. The molecule has 3 rings (SSSR count). The van der Waals surface area contributed by atoms with E-state index in [4.69, 9.17) is 16.2 Å². The lowest BCUT2D eigenvalue weighted by Gasteiger charge is -2.06. The molecule has 2 aromatic rings. The minimum absolute atomic E-state index is 0.117. The van der Waals surface area contributed by atoms with Crippen LogP contribution in [0.2, 0.25) is 5.02 Å². The zero-order valence-corrected chi connectivity index (χ0v) is 10.8. The second kappa shape index (κ2) is 3.82. The molecule has 0 fully saturated rings. The number of benzene rings is 2. The van der Waals surface area contributed by atoms with E-state index >= 15 is 0 Å². The molecule has 5 heteroatoms. The lowest BCUT2D eigenvalue weighted by molar-refractivity contribution is 0.483. The highest BCUT2D eigenvalue weighted by Gasteiger charge is 2.25. The van der Waals surface area contributed by atoms with Crippen LogP contribution >= 0.6 is 11.6 Å². The smallest absolute Gasteiger partial charge is 0.282 e. The molecule has 0 spiro atoms. The second-order valence-electron chi connectivity index (χ2n) is 4.21. The summed E-state index contributed by atoms with van der Waals surface area (Å²) in [6.45, 7) is 0. The van der Waals surface area contributed by atoms with Crippen molar-refractivity contribution in [2.24, 2.45) is 0 Å². The molecule has 2 aromatic carbocycles. The minimum Gasteiger partial charge on any atom is -0.282 e. The van der Waals surface area contributed by atoms with Gasteiger partial charge >= 0.3 is 0 Å². The first kappa shape index (κ1) is 11.7. The Labute approximate surface area is 110 Å². The summed E-state index contributed by atoms with van der Waals surface area (Å²) in [6.07, 6.45) is 0.591. The maximum atomic E-state index is 11.2. The quantitative estimate of drug-likeness (QED) is 0.697. The summed E-state index contributed by atoms with van der Waals surface area (Å²) in [5, 5.41) is 0.117. The molecule has 1 N–H and O–H groups in total. The average molecular weight is 281 g/mol. The number of hydrogen-bond donors (Lipinski definition) is 1. The SMILES string of the molecule is O=S(=O)(O)c1ccc2c(c1Cl)Cc1ccccc1-2. The van der Waals surface area contributed by atoms with Gasteiger partial charge in [0.25, 0.3) is 10.1 Å². The Balaban J connectivity index is 2.28. The van der Waals surface area contributed by atoms with Gasteiger partial charge in [0.15, 0.2) is 0 Å². The Hall–Kier alpha value is -1.36. The van der Waals surface area contributed by atoms with Crippen LogP contribution in [0.25, 0.3) is 11.1 Å². The predicted octanol–water partition coefficient (Wildman–Crippen LogP) is 3.16. The van der Waals surface area contributed by atoms with Crippen molar-refractivity contribution < 1.29 is 13.0 Å². The summed E-state index contributed by atoms with van der Waals surface area (Å²) >= 11 is 6.09. The molecule has 0 unspecified atom stereocenters. The van der Waals surface area contributed by atoms with Gasteiger partial charge in [0, 0.05) is 6.42 Å². The first-order chi connectivity index (χ1) is 8.48. The van der Waals surface area contributed by atoms with Crippen molar-refractivity contribution in [1.82, 2.24) is 0 Å². The van der Waals surface area contributed by atoms with Crippen LogP contribution in [0.4, 0.5) is 0 Å². The van der Waals surface area contributed by atoms with Crippen molar-refractivity contribution >= 4 is 21.7 Å². The van der Waals surface area contributed by atoms with Crippen molar-refractivity contribution in [3.63, 3.8) is 0 Å². The van der Waals surface area contributed by atoms with Crippen LogP contribution < -0.4 is 0 Å². The van der Waals surface area contributed by atoms with Crippen molar-refractivity contribution in [3.05, 3.63) is 52.5 Å². The number of fused-ring (bicyclic) bond motifs is 3. The molecule has 0 radical (unpaired) electrons. The Kier molecular flexibility index (Phi) is 2.48. The first-order valence-corrected chi connectivity index (χ1v) is 7.17. The molecule has 3 nitrogen and oxygen atoms in total. The monoisotopic (exact) mass is 280 g/mol. The third kappa shape index (κ3) is 1.65. The van der Waals surface area contributed by atoms with Gasteiger partial charge in [-0.1, -0.05) is 41.9 Å². The fraction of sp³-hybridized carbons (Fsp3) is 0.0769. The minimum atomic E-state index is -4.27. The lowest BCUT2D eigenvalue weighted by atomic mass is 10.1. The van der Waals surface area contributed by atoms with Crippen LogP contribution in [0.15, 0.2) is 41.3 Å². The fourth-order valence-corrected chi connectivity index (χ4v) is 3.47. The fourth-order valence-electron chi connectivity index (χ4n) is 2.35. The van der Waals surface area contributed by atoms with Crippen LogP contribution in [-0.2, 0) is 16.5 Å². The molecule has 0 saturated heterocycles. The Morgan fingerprint density at radius 3 is 2.50 bits per heavy atom. The number of rotatable bonds is 1. The van der Waals surface area contributed by atoms with E-state index in [1.165, 1.54) is 6.07 Å². The van der Waals surface area contributed by atoms with Crippen LogP contribution in [0.5, 0.6) is 0 Å². The lowest BCUT2D eigenvalue weighted by Crippen LogP contribution is -2.00. The van der Waals surface area contributed by atoms with Crippen LogP contribution in [-0.4, -0.2) is 13.0 Å². The van der Waals surface area contributed by atoms with E-state index in [9.17, 15) is 8.42 Å². The molecule has 0 bridgehead atoms. The van der Waals surface area contributed by atoms with E-state index < -0.39 is 10.1 Å². The molecule has 1 aliphatic rings. The second-order valence-corrected chi connectivity index (χ2v) is 5.98. The van der Waals surface area contributed by atoms with Gasteiger partial charge < -0.3 is 0 Å². The highest BCUT2D eigenvalue weighted by Crippen LogP contribution is 2.42. The standard InChI is InChI=1S/C13H9ClO3S/c14-13-11-7-8-3-1-2-4-9(8)10(11)5-6-12(13)18(15,16)17/h1-6H,7H2,(H,15,16,17). The summed E-state index contributed by atoms with van der Waals surface area (Å²) in [5.41, 5.74) is 3.87. The van der Waals surface area contributed by atoms with Gasteiger partial charge in [-0.3, -0.25) is 4.55 Å². The molecular formula is C13H9ClO3S. The summed E-state index contributed by atoms with van der Waals surface area (Å²) in [4.78, 5) is -0.226. The zero-order valence-electron chi connectivity index (χ0n) is 9.22. The predicted molar refractivity (Wildman–Crippen MR) is 69.5 cm³/mol. The van der Waals surface area contributed by atoms with Gasteiger partial charge in [0.2, 0.25) is 0 Å². The van der Waals surface area contributed by atoms with Crippen LogP contribution in [0, 0.1) is 0 Å². The van der Waals surface area contributed by atoms with Gasteiger partial charge in [-0.15, -0.1) is 0 Å². The van der Waals surface area contributed by atoms with Crippen molar-refractivity contribution in [1.29, 1.82) is 0 Å². The third-order valence-corrected chi connectivity index (χ3v) is 4.60. The van der Waals surface area contributed by atoms with E-state index in [2.05, 4.69) is 0 Å². The van der Waals surface area contributed by atoms with Crippen molar-refractivity contribution in [2.75, 3.05) is 0 Å². The molecule has 0 atom stereocenters. The molecule has 18 heavy (non-hydrogen) atoms. The van der Waals surface area contributed by atoms with Crippen molar-refractivity contribution in [2.45, 2.75) is 11.3 Å². The third-order valence-electron chi connectivity index (χ3n) is 3.16. The maximum absolute atomic E-state index is 11.2. The van der Waals surface area contributed by atoms with E-state index in [1.54, 1.807) is 6.07 Å². The summed E-state index contributed by atoms with van der Waals surface area (Å²) in [5.74, 6) is 0. The van der Waals surface area contributed by atoms with Gasteiger partial charge in [-0.25, -0.2) is 0 Å². The largest absolute Gasteiger partial charge is 0.296 e. The topological polar surface area (TPSA) is 54.4 Å². The molecule has 92 valence electrons. The Bertz CT molecular complexity index is 751. The zero-order chi connectivity index (χ0) is 12.9. The Morgan fingerprint density at radius 1 is 1.06 bits per heavy atom. The van der Waals surface area contributed by atoms with Gasteiger partial charge in [0.05, 0.1) is 5.02 Å². The normalized spacial score (nSPS) is 13.2. The highest BCUT2D eigenvalue weighted by molar-refractivity contribution is 7.86. The van der Waals surface area contributed by atoms with E-state index in [0.717, 1.165) is 22.3 Å². The van der Waals surface area contributed by atoms with Crippen LogP contribution in [0.3, 0.4) is 0 Å². The van der Waals surface area contributed by atoms with Gasteiger partial charge in [-0.05, 0) is 28.3 Å².